The smallest absolute Gasteiger partial charge is 0.309 e. The van der Waals surface area contributed by atoms with E-state index in [0.29, 0.717) is 12.2 Å². The van der Waals surface area contributed by atoms with Crippen molar-refractivity contribution in [2.45, 2.75) is 6.42 Å². The molecule has 0 amide bonds. The van der Waals surface area contributed by atoms with E-state index in [1.165, 1.54) is 13.2 Å². The molecule has 2 unspecified atom stereocenters. The molecule has 5 nitrogen and oxygen atoms in total. The fourth-order valence-electron chi connectivity index (χ4n) is 2.06. The van der Waals surface area contributed by atoms with Gasteiger partial charge in [0.15, 0.2) is 11.5 Å². The Bertz CT molecular complexity index is 443. The average molecular weight is 251 g/mol. The number of phenols is 1. The first-order valence-corrected chi connectivity index (χ1v) is 5.65. The van der Waals surface area contributed by atoms with Crippen LogP contribution in [0.2, 0.25) is 0 Å². The predicted octanol–water partition coefficient (Wildman–Crippen LogP) is 1.27. The van der Waals surface area contributed by atoms with Crippen LogP contribution in [0.25, 0.3) is 0 Å². The molecule has 0 bridgehead atoms. The second-order valence-electron chi connectivity index (χ2n) is 4.26. The molecule has 2 N–H and O–H groups in total. The number of aliphatic hydroxyl groups is 1. The van der Waals surface area contributed by atoms with Gasteiger partial charge in [-0.05, 0) is 24.1 Å². The van der Waals surface area contributed by atoms with E-state index >= 15 is 0 Å². The molecule has 5 heteroatoms. The lowest BCUT2D eigenvalue weighted by Gasteiger charge is -2.13. The summed E-state index contributed by atoms with van der Waals surface area (Å²) in [4.78, 5) is 11.5. The maximum atomic E-state index is 11.5. The van der Waals surface area contributed by atoms with Crippen molar-refractivity contribution in [1.82, 2.24) is 0 Å². The van der Waals surface area contributed by atoms with Gasteiger partial charge >= 0.3 is 5.97 Å². The van der Waals surface area contributed by atoms with E-state index in [1.54, 1.807) is 12.1 Å². The van der Waals surface area contributed by atoms with Gasteiger partial charge in [-0.1, -0.05) is 6.07 Å². The lowest BCUT2D eigenvalue weighted by atomic mass is 9.89. The number of cyclic esters (lactones) is 1. The van der Waals surface area contributed by atoms with Crippen LogP contribution in [0.4, 0.5) is 0 Å². The minimum absolute atomic E-state index is 0.0560. The van der Waals surface area contributed by atoms with Crippen LogP contribution in [0.15, 0.2) is 18.2 Å². The van der Waals surface area contributed by atoms with E-state index in [0.717, 1.165) is 12.2 Å². The van der Waals surface area contributed by atoms with Crippen molar-refractivity contribution in [1.29, 1.82) is 0 Å². The molecule has 1 aromatic rings. The predicted molar refractivity (Wildman–Crippen MR) is 62.5 cm³/mol. The summed E-state index contributed by atoms with van der Waals surface area (Å²) in [6, 6.07) is 4.92. The fourth-order valence-corrected chi connectivity index (χ4v) is 2.06. The number of esters is 1. The van der Waals surface area contributed by atoms with Crippen LogP contribution < -0.4 is 4.74 Å². The first-order valence-electron chi connectivity index (χ1n) is 5.65. The Balaban J connectivity index is 2.15. The van der Waals surface area contributed by atoms with Crippen LogP contribution in [-0.4, -0.2) is 29.9 Å². The molecule has 1 saturated heterocycles. The summed E-state index contributed by atoms with van der Waals surface area (Å²) in [5.41, 5.74) is 0.848. The van der Waals surface area contributed by atoms with Gasteiger partial charge in [-0.15, -0.1) is 0 Å². The van der Waals surface area contributed by atoms with Crippen LogP contribution in [0.3, 0.4) is 0 Å². The van der Waals surface area contributed by atoms with Gasteiger partial charge in [0.25, 0.3) is 0 Å². The third-order valence-electron chi connectivity index (χ3n) is 3.13. The van der Waals surface area contributed by atoms with Gasteiger partial charge in [-0.3, -0.25) is 4.79 Å². The largest absolute Gasteiger partial charge is 0.504 e. The molecule has 2 rings (SSSR count). The second kappa shape index (κ2) is 5.27. The van der Waals surface area contributed by atoms with Crippen molar-refractivity contribution in [3.8, 4) is 11.5 Å². The Hall–Kier alpha value is -1.75. The SMILES string of the molecule is COc1cc(CC2C(=O)OCC2[CH]O)ccc1O. The van der Waals surface area contributed by atoms with Crippen molar-refractivity contribution in [2.75, 3.05) is 13.7 Å². The lowest BCUT2D eigenvalue weighted by molar-refractivity contribution is -0.141. The standard InChI is InChI=1S/C13H15O5/c1-17-12-5-8(2-3-11(12)15)4-10-9(6-14)7-18-13(10)16/h2-3,5-6,9-10,14-15H,4,7H2,1H3. The second-order valence-corrected chi connectivity index (χ2v) is 4.26. The molecule has 2 atom stereocenters. The maximum absolute atomic E-state index is 11.5. The molecule has 1 aromatic carbocycles. The normalized spacial score (nSPS) is 22.9. The van der Waals surface area contributed by atoms with E-state index in [1.807, 2.05) is 0 Å². The number of ether oxygens (including phenoxy) is 2. The van der Waals surface area contributed by atoms with E-state index in [-0.39, 0.29) is 30.2 Å². The topological polar surface area (TPSA) is 76.0 Å². The zero-order valence-electron chi connectivity index (χ0n) is 10.00. The summed E-state index contributed by atoms with van der Waals surface area (Å²) in [5, 5.41) is 18.5. The summed E-state index contributed by atoms with van der Waals surface area (Å²) in [5.74, 6) is -0.553. The van der Waals surface area contributed by atoms with E-state index < -0.39 is 0 Å². The molecule has 1 aliphatic heterocycles. The number of methoxy groups -OCH3 is 1. The molecule has 0 aromatic heterocycles. The molecular formula is C13H15O5. The number of phenolic OH excluding ortho intramolecular Hbond substituents is 1. The molecule has 0 spiro atoms. The first-order chi connectivity index (χ1) is 8.65. The number of carbonyl (C=O) groups excluding carboxylic acids is 1. The van der Waals surface area contributed by atoms with Crippen LogP contribution in [0, 0.1) is 18.4 Å². The van der Waals surface area contributed by atoms with Gasteiger partial charge in [0.05, 0.1) is 26.2 Å². The Morgan fingerprint density at radius 2 is 2.33 bits per heavy atom. The summed E-state index contributed by atoms with van der Waals surface area (Å²) in [6.07, 6.45) is 0.442. The molecule has 0 saturated carbocycles. The number of rotatable bonds is 4. The van der Waals surface area contributed by atoms with Crippen molar-refractivity contribution in [3.63, 3.8) is 0 Å². The number of hydrogen-bond donors (Lipinski definition) is 2. The van der Waals surface area contributed by atoms with Crippen molar-refractivity contribution in [3.05, 3.63) is 30.4 Å². The summed E-state index contributed by atoms with van der Waals surface area (Å²) in [7, 11) is 1.47. The third-order valence-corrected chi connectivity index (χ3v) is 3.13. The maximum Gasteiger partial charge on any atom is 0.309 e. The molecule has 1 aliphatic rings. The van der Waals surface area contributed by atoms with Crippen molar-refractivity contribution >= 4 is 5.97 Å². The first kappa shape index (κ1) is 12.7. The van der Waals surface area contributed by atoms with Gasteiger partial charge in [-0.2, -0.15) is 0 Å². The zero-order chi connectivity index (χ0) is 13.1. The minimum atomic E-state index is -0.385. The van der Waals surface area contributed by atoms with E-state index in [4.69, 9.17) is 14.6 Å². The monoisotopic (exact) mass is 251 g/mol. The molecule has 1 radical (unpaired) electrons. The Morgan fingerprint density at radius 1 is 1.56 bits per heavy atom. The number of aromatic hydroxyl groups is 1. The summed E-state index contributed by atoms with van der Waals surface area (Å²) in [6.45, 7) is 1.22. The quantitative estimate of drug-likeness (QED) is 0.788. The Morgan fingerprint density at radius 3 is 3.00 bits per heavy atom. The van der Waals surface area contributed by atoms with Gasteiger partial charge in [0, 0.05) is 5.92 Å². The average Bonchev–Trinajstić information content (AvgIpc) is 2.73. The number of carbonyl (C=O) groups is 1. The van der Waals surface area contributed by atoms with Gasteiger partial charge < -0.3 is 19.7 Å². The Kier molecular flexibility index (Phi) is 3.72. The number of benzene rings is 1. The van der Waals surface area contributed by atoms with Crippen molar-refractivity contribution < 1.29 is 24.5 Å². The number of aliphatic hydroxyl groups excluding tert-OH is 1. The van der Waals surface area contributed by atoms with Crippen LogP contribution >= 0.6 is 0 Å². The molecule has 1 fully saturated rings. The fraction of sp³-hybridized carbons (Fsp3) is 0.385. The highest BCUT2D eigenvalue weighted by atomic mass is 16.5. The van der Waals surface area contributed by atoms with Gasteiger partial charge in [0.2, 0.25) is 0 Å². The highest BCUT2D eigenvalue weighted by Crippen LogP contribution is 2.31. The molecule has 0 aliphatic carbocycles. The molecule has 1 heterocycles. The molecule has 18 heavy (non-hydrogen) atoms. The van der Waals surface area contributed by atoms with Crippen LogP contribution in [0.5, 0.6) is 11.5 Å². The lowest BCUT2D eigenvalue weighted by Crippen LogP contribution is -2.19. The Labute approximate surface area is 105 Å². The highest BCUT2D eigenvalue weighted by molar-refractivity contribution is 5.75. The van der Waals surface area contributed by atoms with Crippen LogP contribution in [-0.2, 0) is 16.0 Å². The minimum Gasteiger partial charge on any atom is -0.504 e. The zero-order valence-corrected chi connectivity index (χ0v) is 10.00. The summed E-state index contributed by atoms with van der Waals surface area (Å²) >= 11 is 0. The molecule has 97 valence electrons. The van der Waals surface area contributed by atoms with E-state index in [9.17, 15) is 9.90 Å². The van der Waals surface area contributed by atoms with Gasteiger partial charge in [-0.25, -0.2) is 0 Å². The van der Waals surface area contributed by atoms with Gasteiger partial charge in [0.1, 0.15) is 0 Å². The van der Waals surface area contributed by atoms with E-state index in [2.05, 4.69) is 0 Å². The van der Waals surface area contributed by atoms with Crippen LogP contribution in [0.1, 0.15) is 5.56 Å². The third kappa shape index (κ3) is 2.41. The highest BCUT2D eigenvalue weighted by Gasteiger charge is 2.36. The molecular weight excluding hydrogens is 236 g/mol. The van der Waals surface area contributed by atoms with Crippen molar-refractivity contribution in [2.24, 2.45) is 11.8 Å². The number of hydrogen-bond acceptors (Lipinski definition) is 5. The summed E-state index contributed by atoms with van der Waals surface area (Å²) < 4.78 is 9.92.